The number of esters is 1. The molecule has 0 saturated heterocycles. The minimum Gasteiger partial charge on any atom is -0.469 e. The molecular weight excluding hydrogens is 230 g/mol. The highest BCUT2D eigenvalue weighted by atomic mass is 16.5. The molecule has 4 heteroatoms. The van der Waals surface area contributed by atoms with Gasteiger partial charge in [-0.15, -0.1) is 0 Å². The van der Waals surface area contributed by atoms with Gasteiger partial charge in [0.2, 0.25) is 0 Å². The minimum atomic E-state index is -0.276. The van der Waals surface area contributed by atoms with E-state index in [0.29, 0.717) is 18.4 Å². The molecule has 0 unspecified atom stereocenters. The van der Waals surface area contributed by atoms with Crippen LogP contribution < -0.4 is 0 Å². The maximum Gasteiger partial charge on any atom is 0.305 e. The third-order valence-electron chi connectivity index (χ3n) is 2.90. The van der Waals surface area contributed by atoms with Crippen molar-refractivity contribution in [1.82, 2.24) is 4.98 Å². The van der Waals surface area contributed by atoms with Gasteiger partial charge < -0.3 is 9.72 Å². The number of para-hydroxylation sites is 1. The van der Waals surface area contributed by atoms with Crippen molar-refractivity contribution in [2.24, 2.45) is 0 Å². The van der Waals surface area contributed by atoms with Crippen molar-refractivity contribution >= 4 is 22.7 Å². The van der Waals surface area contributed by atoms with Crippen LogP contribution in [-0.4, -0.2) is 23.8 Å². The number of aromatic nitrogens is 1. The van der Waals surface area contributed by atoms with E-state index in [2.05, 4.69) is 9.72 Å². The van der Waals surface area contributed by atoms with Crippen molar-refractivity contribution in [3.63, 3.8) is 0 Å². The Bertz CT molecular complexity index is 571. The first kappa shape index (κ1) is 12.4. The average molecular weight is 245 g/mol. The quantitative estimate of drug-likeness (QED) is 0.650. The fourth-order valence-electron chi connectivity index (χ4n) is 1.93. The summed E-state index contributed by atoms with van der Waals surface area (Å²) in [5, 5.41) is 0.931. The lowest BCUT2D eigenvalue weighted by Crippen LogP contribution is -2.03. The van der Waals surface area contributed by atoms with Gasteiger partial charge in [0.15, 0.2) is 5.78 Å². The van der Waals surface area contributed by atoms with E-state index in [1.807, 2.05) is 24.3 Å². The van der Waals surface area contributed by atoms with Crippen molar-refractivity contribution < 1.29 is 14.3 Å². The van der Waals surface area contributed by atoms with Crippen molar-refractivity contribution in [3.8, 4) is 0 Å². The van der Waals surface area contributed by atoms with Crippen LogP contribution in [0.1, 0.15) is 29.6 Å². The predicted molar refractivity (Wildman–Crippen MR) is 68.5 cm³/mol. The monoisotopic (exact) mass is 245 g/mol. The Morgan fingerprint density at radius 3 is 2.78 bits per heavy atom. The van der Waals surface area contributed by atoms with E-state index >= 15 is 0 Å². The van der Waals surface area contributed by atoms with Crippen molar-refractivity contribution in [1.29, 1.82) is 0 Å². The molecular formula is C14H15NO3. The van der Waals surface area contributed by atoms with Crippen molar-refractivity contribution in [3.05, 3.63) is 36.0 Å². The number of Topliss-reactive ketones (excluding diaryl/α,β-unsaturated/α-hetero) is 1. The molecule has 0 aliphatic heterocycles. The average Bonchev–Trinajstić information content (AvgIpc) is 2.82. The van der Waals surface area contributed by atoms with Crippen molar-refractivity contribution in [2.75, 3.05) is 7.11 Å². The van der Waals surface area contributed by atoms with Gasteiger partial charge >= 0.3 is 5.97 Å². The summed E-state index contributed by atoms with van der Waals surface area (Å²) >= 11 is 0. The smallest absolute Gasteiger partial charge is 0.305 e. The van der Waals surface area contributed by atoms with E-state index in [0.717, 1.165) is 10.9 Å². The number of ketones is 1. The number of H-pyrrole nitrogens is 1. The molecule has 1 N–H and O–H groups in total. The normalized spacial score (nSPS) is 10.5. The number of aromatic amines is 1. The van der Waals surface area contributed by atoms with E-state index in [4.69, 9.17) is 0 Å². The van der Waals surface area contributed by atoms with Crippen LogP contribution in [0.3, 0.4) is 0 Å². The standard InChI is InChI=1S/C14H15NO3/c1-18-14(17)8-4-7-13(16)11-9-15-12-6-3-2-5-10(11)12/h2-3,5-6,9,15H,4,7-8H2,1H3. The largest absolute Gasteiger partial charge is 0.469 e. The van der Waals surface area contributed by atoms with Crippen LogP contribution >= 0.6 is 0 Å². The van der Waals surface area contributed by atoms with E-state index in [1.54, 1.807) is 6.20 Å². The van der Waals surface area contributed by atoms with Gasteiger partial charge in [-0.25, -0.2) is 0 Å². The molecule has 0 radical (unpaired) electrons. The molecule has 1 aromatic carbocycles. The highest BCUT2D eigenvalue weighted by Crippen LogP contribution is 2.19. The molecule has 18 heavy (non-hydrogen) atoms. The van der Waals surface area contributed by atoms with Crippen LogP contribution in [0.15, 0.2) is 30.5 Å². The highest BCUT2D eigenvalue weighted by Gasteiger charge is 2.12. The first-order valence-corrected chi connectivity index (χ1v) is 5.88. The molecule has 0 atom stereocenters. The van der Waals surface area contributed by atoms with E-state index < -0.39 is 0 Å². The molecule has 0 bridgehead atoms. The molecule has 0 saturated carbocycles. The molecule has 94 valence electrons. The molecule has 0 aliphatic carbocycles. The number of hydrogen-bond donors (Lipinski definition) is 1. The van der Waals surface area contributed by atoms with Crippen LogP contribution in [0.2, 0.25) is 0 Å². The van der Waals surface area contributed by atoms with Crippen molar-refractivity contribution in [2.45, 2.75) is 19.3 Å². The van der Waals surface area contributed by atoms with Gasteiger partial charge in [-0.3, -0.25) is 9.59 Å². The molecule has 0 fully saturated rings. The summed E-state index contributed by atoms with van der Waals surface area (Å²) in [6, 6.07) is 7.67. The van der Waals surface area contributed by atoms with Crippen LogP contribution in [0.5, 0.6) is 0 Å². The maximum absolute atomic E-state index is 12.0. The van der Waals surface area contributed by atoms with Crippen LogP contribution in [0.25, 0.3) is 10.9 Å². The van der Waals surface area contributed by atoms with Crippen LogP contribution in [0.4, 0.5) is 0 Å². The number of fused-ring (bicyclic) bond motifs is 1. The zero-order chi connectivity index (χ0) is 13.0. The van der Waals surface area contributed by atoms with Gasteiger partial charge in [0.1, 0.15) is 0 Å². The highest BCUT2D eigenvalue weighted by molar-refractivity contribution is 6.07. The minimum absolute atomic E-state index is 0.0522. The molecule has 1 heterocycles. The first-order valence-electron chi connectivity index (χ1n) is 5.88. The molecule has 1 aromatic heterocycles. The number of rotatable bonds is 5. The zero-order valence-corrected chi connectivity index (χ0v) is 10.2. The fraction of sp³-hybridized carbons (Fsp3) is 0.286. The van der Waals surface area contributed by atoms with Gasteiger partial charge in [0.05, 0.1) is 7.11 Å². The molecule has 0 aliphatic rings. The summed E-state index contributed by atoms with van der Waals surface area (Å²) < 4.78 is 4.54. The number of hydrogen-bond acceptors (Lipinski definition) is 3. The summed E-state index contributed by atoms with van der Waals surface area (Å²) in [5.74, 6) is -0.224. The SMILES string of the molecule is COC(=O)CCCC(=O)c1c[nH]c2ccccc12. The second kappa shape index (κ2) is 5.49. The number of nitrogens with one attached hydrogen (secondary N) is 1. The Morgan fingerprint density at radius 2 is 2.00 bits per heavy atom. The lowest BCUT2D eigenvalue weighted by molar-refractivity contribution is -0.140. The summed E-state index contributed by atoms with van der Waals surface area (Å²) in [7, 11) is 1.35. The summed E-state index contributed by atoms with van der Waals surface area (Å²) in [6.07, 6.45) is 2.89. The number of carbonyl (C=O) groups excluding carboxylic acids is 2. The predicted octanol–water partition coefficient (Wildman–Crippen LogP) is 2.69. The van der Waals surface area contributed by atoms with Crippen LogP contribution in [-0.2, 0) is 9.53 Å². The third kappa shape index (κ3) is 2.59. The van der Waals surface area contributed by atoms with E-state index in [9.17, 15) is 9.59 Å². The molecule has 0 spiro atoms. The molecule has 4 nitrogen and oxygen atoms in total. The Kier molecular flexibility index (Phi) is 3.77. The Hall–Kier alpha value is -2.10. The third-order valence-corrected chi connectivity index (χ3v) is 2.90. The lowest BCUT2D eigenvalue weighted by atomic mass is 10.0. The first-order chi connectivity index (χ1) is 8.72. The summed E-state index contributed by atoms with van der Waals surface area (Å²) in [6.45, 7) is 0. The van der Waals surface area contributed by atoms with Gasteiger partial charge in [-0.1, -0.05) is 18.2 Å². The molecule has 0 amide bonds. The Labute approximate surface area is 105 Å². The molecule has 2 aromatic rings. The second-order valence-corrected chi connectivity index (χ2v) is 4.10. The Balaban J connectivity index is 2.03. The topological polar surface area (TPSA) is 59.2 Å². The maximum atomic E-state index is 12.0. The van der Waals surface area contributed by atoms with Gasteiger partial charge in [0, 0.05) is 35.5 Å². The lowest BCUT2D eigenvalue weighted by Gasteiger charge is -1.99. The van der Waals surface area contributed by atoms with E-state index in [-0.39, 0.29) is 18.2 Å². The number of ether oxygens (including phenoxy) is 1. The summed E-state index contributed by atoms with van der Waals surface area (Å²) in [5.41, 5.74) is 1.64. The Morgan fingerprint density at radius 1 is 1.22 bits per heavy atom. The van der Waals surface area contributed by atoms with E-state index in [1.165, 1.54) is 7.11 Å². The zero-order valence-electron chi connectivity index (χ0n) is 10.2. The number of benzene rings is 1. The number of methoxy groups -OCH3 is 1. The molecule has 2 rings (SSSR count). The van der Waals surface area contributed by atoms with Gasteiger partial charge in [-0.05, 0) is 12.5 Å². The van der Waals surface area contributed by atoms with Crippen LogP contribution in [0, 0.1) is 0 Å². The fourth-order valence-corrected chi connectivity index (χ4v) is 1.93. The van der Waals surface area contributed by atoms with Gasteiger partial charge in [0.25, 0.3) is 0 Å². The summed E-state index contributed by atoms with van der Waals surface area (Å²) in [4.78, 5) is 26.0. The second-order valence-electron chi connectivity index (χ2n) is 4.10. The number of carbonyl (C=O) groups is 2. The van der Waals surface area contributed by atoms with Gasteiger partial charge in [-0.2, -0.15) is 0 Å².